The van der Waals surface area contributed by atoms with Crippen LogP contribution in [-0.4, -0.2) is 20.6 Å². The van der Waals surface area contributed by atoms with E-state index in [-0.39, 0.29) is 23.8 Å². The van der Waals surface area contributed by atoms with Gasteiger partial charge in [0.2, 0.25) is 0 Å². The molecule has 5 rings (SSSR count). The molecule has 0 bridgehead atoms. The van der Waals surface area contributed by atoms with E-state index >= 15 is 4.39 Å². The Morgan fingerprint density at radius 1 is 1.05 bits per heavy atom. The van der Waals surface area contributed by atoms with Crippen molar-refractivity contribution in [2.24, 2.45) is 10.9 Å². The van der Waals surface area contributed by atoms with Crippen LogP contribution >= 0.6 is 11.3 Å². The van der Waals surface area contributed by atoms with Crippen molar-refractivity contribution in [2.45, 2.75) is 26.5 Å². The molecule has 0 aliphatic rings. The smallest absolute Gasteiger partial charge is 0.262 e. The minimum Gasteiger partial charge on any atom is -0.485 e. The lowest BCUT2D eigenvalue weighted by atomic mass is 10.1. The molecule has 7 nitrogen and oxygen atoms in total. The topological polar surface area (TPSA) is 103 Å². The van der Waals surface area contributed by atoms with Gasteiger partial charge >= 0.3 is 0 Å². The molecule has 0 saturated heterocycles. The highest BCUT2D eigenvalue weighted by molar-refractivity contribution is 7.13. The maximum Gasteiger partial charge on any atom is 0.262 e. The number of nitrogens with two attached hydrogens (primary N) is 1. The van der Waals surface area contributed by atoms with Gasteiger partial charge in [-0.1, -0.05) is 71.9 Å². The number of benzene rings is 3. The first-order valence-electron chi connectivity index (χ1n) is 12.6. The number of halogens is 1. The lowest BCUT2D eigenvalue weighted by Crippen LogP contribution is -2.27. The van der Waals surface area contributed by atoms with Gasteiger partial charge in [0, 0.05) is 22.4 Å². The summed E-state index contributed by atoms with van der Waals surface area (Å²) < 4.78 is 22.8. The molecule has 9 heteroatoms. The third kappa shape index (κ3) is 5.64. The van der Waals surface area contributed by atoms with Crippen LogP contribution in [0.3, 0.4) is 0 Å². The molecule has 3 aromatic carbocycles. The fraction of sp³-hybridized carbons (Fsp3) is 0.129. The Bertz CT molecular complexity index is 1720. The Morgan fingerprint density at radius 3 is 2.45 bits per heavy atom. The Hall–Kier alpha value is -4.76. The van der Waals surface area contributed by atoms with Gasteiger partial charge in [0.15, 0.2) is 17.4 Å². The van der Waals surface area contributed by atoms with Crippen molar-refractivity contribution < 1.29 is 14.3 Å². The third-order valence-electron chi connectivity index (χ3n) is 6.50. The molecule has 0 amide bonds. The number of para-hydroxylation sites is 1. The molecule has 3 N–H and O–H groups in total. The minimum atomic E-state index is -0.541. The van der Waals surface area contributed by atoms with Crippen molar-refractivity contribution >= 4 is 17.2 Å². The Kier molecular flexibility index (Phi) is 8.02. The van der Waals surface area contributed by atoms with Crippen molar-refractivity contribution in [3.05, 3.63) is 129 Å². The summed E-state index contributed by atoms with van der Waals surface area (Å²) in [5, 5.41) is 13.8. The fourth-order valence-corrected chi connectivity index (χ4v) is 5.45. The number of hydrogen-bond donors (Lipinski definition) is 2. The first-order valence-corrected chi connectivity index (χ1v) is 13.5. The van der Waals surface area contributed by atoms with Gasteiger partial charge in [0.1, 0.15) is 12.4 Å². The van der Waals surface area contributed by atoms with E-state index in [1.54, 1.807) is 35.1 Å². The number of ether oxygens (including phenoxy) is 1. The largest absolute Gasteiger partial charge is 0.485 e. The second kappa shape index (κ2) is 12.0. The summed E-state index contributed by atoms with van der Waals surface area (Å²) in [6.45, 7) is 2.21. The van der Waals surface area contributed by atoms with Gasteiger partial charge in [-0.15, -0.1) is 11.3 Å². The van der Waals surface area contributed by atoms with Gasteiger partial charge < -0.3 is 15.7 Å². The van der Waals surface area contributed by atoms with Gasteiger partial charge in [0.25, 0.3) is 5.56 Å². The summed E-state index contributed by atoms with van der Waals surface area (Å²) in [7, 11) is 0. The second-order valence-corrected chi connectivity index (χ2v) is 10.1. The van der Waals surface area contributed by atoms with E-state index < -0.39 is 5.82 Å². The van der Waals surface area contributed by atoms with E-state index in [0.29, 0.717) is 46.1 Å². The summed E-state index contributed by atoms with van der Waals surface area (Å²) in [6.07, 6.45) is 0.563. The molecule has 0 aliphatic carbocycles. The molecule has 40 heavy (non-hydrogen) atoms. The molecule has 202 valence electrons. The van der Waals surface area contributed by atoms with Gasteiger partial charge in [-0.2, -0.15) is 0 Å². The van der Waals surface area contributed by atoms with Gasteiger partial charge in [-0.3, -0.25) is 9.36 Å². The zero-order valence-electron chi connectivity index (χ0n) is 21.8. The molecule has 0 spiro atoms. The van der Waals surface area contributed by atoms with Crippen molar-refractivity contribution in [1.29, 1.82) is 0 Å². The monoisotopic (exact) mass is 554 g/mol. The zero-order valence-corrected chi connectivity index (χ0v) is 22.6. The van der Waals surface area contributed by atoms with E-state index in [9.17, 15) is 4.79 Å². The number of thiophene rings is 1. The van der Waals surface area contributed by atoms with E-state index in [4.69, 9.17) is 20.7 Å². The number of aromatic nitrogens is 2. The summed E-state index contributed by atoms with van der Waals surface area (Å²) in [4.78, 5) is 19.6. The molecule has 0 atom stereocenters. The van der Waals surface area contributed by atoms with Crippen LogP contribution in [0.5, 0.6) is 5.75 Å². The van der Waals surface area contributed by atoms with E-state index in [1.807, 2.05) is 60.7 Å². The SMILES string of the molecule is Cc1nc(-c2cccc(F)c2OCc2ccccc2)n(CCc2ccccc2)c(=O)c1-c1cc(C(N)=NO)cs1. The minimum absolute atomic E-state index is 0.0317. The summed E-state index contributed by atoms with van der Waals surface area (Å²) >= 11 is 1.30. The second-order valence-electron chi connectivity index (χ2n) is 9.16. The van der Waals surface area contributed by atoms with Crippen molar-refractivity contribution in [3.63, 3.8) is 0 Å². The zero-order chi connectivity index (χ0) is 28.1. The van der Waals surface area contributed by atoms with Crippen molar-refractivity contribution in [1.82, 2.24) is 9.55 Å². The fourth-order valence-electron chi connectivity index (χ4n) is 4.46. The highest BCUT2D eigenvalue weighted by atomic mass is 32.1. The van der Waals surface area contributed by atoms with Crippen LogP contribution in [0.15, 0.2) is 100 Å². The molecule has 2 heterocycles. The number of amidine groups is 1. The lowest BCUT2D eigenvalue weighted by molar-refractivity contribution is 0.291. The average Bonchev–Trinajstić information content (AvgIpc) is 3.46. The molecule has 0 radical (unpaired) electrons. The van der Waals surface area contributed by atoms with Crippen LogP contribution < -0.4 is 16.0 Å². The van der Waals surface area contributed by atoms with Crippen LogP contribution in [0.25, 0.3) is 21.8 Å². The standard InChI is InChI=1S/C31H27FN4O3S/c1-20-27(26-17-23(19-40-26)29(33)35-38)31(37)36(16-15-21-9-4-2-5-10-21)30(34-20)24-13-8-14-25(32)28(24)39-18-22-11-6-3-7-12-22/h2-14,17,19,38H,15-16,18H2,1H3,(H2,33,35). The first-order chi connectivity index (χ1) is 19.5. The van der Waals surface area contributed by atoms with Crippen molar-refractivity contribution in [2.75, 3.05) is 0 Å². The molecular weight excluding hydrogens is 527 g/mol. The van der Waals surface area contributed by atoms with E-state index in [0.717, 1.165) is 11.1 Å². The molecule has 5 aromatic rings. The first kappa shape index (κ1) is 26.8. The maximum absolute atomic E-state index is 15.2. The maximum atomic E-state index is 15.2. The quantitative estimate of drug-likeness (QED) is 0.101. The number of nitrogens with zero attached hydrogens (tertiary/aromatic N) is 3. The molecule has 0 saturated carbocycles. The van der Waals surface area contributed by atoms with Crippen LogP contribution in [0.2, 0.25) is 0 Å². The van der Waals surface area contributed by atoms with Crippen LogP contribution in [0.4, 0.5) is 4.39 Å². The molecule has 0 fully saturated rings. The van der Waals surface area contributed by atoms with E-state index in [2.05, 4.69) is 5.16 Å². The summed E-state index contributed by atoms with van der Waals surface area (Å²) in [5.41, 5.74) is 9.19. The number of oxime groups is 1. The normalized spacial score (nSPS) is 11.5. The third-order valence-corrected chi connectivity index (χ3v) is 7.45. The van der Waals surface area contributed by atoms with Crippen LogP contribution in [0.1, 0.15) is 22.4 Å². The molecule has 0 unspecified atom stereocenters. The predicted molar refractivity (Wildman–Crippen MR) is 155 cm³/mol. The van der Waals surface area contributed by atoms with Gasteiger partial charge in [-0.25, -0.2) is 9.37 Å². The average molecular weight is 555 g/mol. The summed E-state index contributed by atoms with van der Waals surface area (Å²) in [5.74, 6) is -0.239. The number of aryl methyl sites for hydroxylation is 2. The summed E-state index contributed by atoms with van der Waals surface area (Å²) in [6, 6.07) is 25.6. The number of rotatable bonds is 9. The predicted octanol–water partition coefficient (Wildman–Crippen LogP) is 6.00. The Labute approximate surface area is 234 Å². The Morgan fingerprint density at radius 2 is 1.75 bits per heavy atom. The van der Waals surface area contributed by atoms with Gasteiger partial charge in [-0.05, 0) is 42.7 Å². The highest BCUT2D eigenvalue weighted by Gasteiger charge is 2.22. The Balaban J connectivity index is 1.63. The molecule has 0 aliphatic heterocycles. The molecule has 2 aromatic heterocycles. The number of hydrogen-bond acceptors (Lipinski definition) is 6. The lowest BCUT2D eigenvalue weighted by Gasteiger charge is -2.18. The highest BCUT2D eigenvalue weighted by Crippen LogP contribution is 2.34. The van der Waals surface area contributed by atoms with Crippen LogP contribution in [-0.2, 0) is 19.6 Å². The molecular formula is C31H27FN4O3S. The van der Waals surface area contributed by atoms with Crippen molar-refractivity contribution in [3.8, 4) is 27.6 Å². The van der Waals surface area contributed by atoms with E-state index in [1.165, 1.54) is 17.4 Å². The van der Waals surface area contributed by atoms with Crippen LogP contribution in [0, 0.1) is 12.7 Å². The van der Waals surface area contributed by atoms with Gasteiger partial charge in [0.05, 0.1) is 16.8 Å².